The van der Waals surface area contributed by atoms with Gasteiger partial charge in [0.25, 0.3) is 5.91 Å². The van der Waals surface area contributed by atoms with Crippen molar-refractivity contribution in [1.82, 2.24) is 15.1 Å². The molecule has 1 N–H and O–H groups in total. The van der Waals surface area contributed by atoms with Crippen LogP contribution in [0.1, 0.15) is 21.5 Å². The molecule has 104 valence electrons. The molecule has 1 aliphatic rings. The first-order valence-electron chi connectivity index (χ1n) is 6.72. The number of fused-ring (bicyclic) bond motifs is 1. The molecule has 5 heteroatoms. The number of H-pyrrole nitrogens is 1. The second-order valence-corrected chi connectivity index (χ2v) is 4.91. The maximum absolute atomic E-state index is 12.3. The number of carbonyl (C=O) groups is 1. The van der Waals surface area contributed by atoms with Gasteiger partial charge in [0.05, 0.1) is 18.9 Å². The third-order valence-corrected chi connectivity index (χ3v) is 3.75. The van der Waals surface area contributed by atoms with E-state index in [1.54, 1.807) is 19.5 Å². The summed E-state index contributed by atoms with van der Waals surface area (Å²) < 4.78 is 5.26. The minimum Gasteiger partial charge on any atom is -0.497 e. The summed E-state index contributed by atoms with van der Waals surface area (Å²) in [7, 11) is 1.67. The number of nitrogens with zero attached hydrogens (tertiary/aromatic N) is 2. The van der Waals surface area contributed by atoms with E-state index in [0.717, 1.165) is 31.7 Å². The van der Waals surface area contributed by atoms with Crippen LogP contribution in [0.2, 0.25) is 0 Å². The number of carbonyl (C=O) groups excluding carboxylic acids is 1. The Hall–Kier alpha value is -2.30. The Kier molecular flexibility index (Phi) is 3.41. The summed E-state index contributed by atoms with van der Waals surface area (Å²) in [6, 6.07) is 6.15. The molecule has 2 aromatic rings. The van der Waals surface area contributed by atoms with Gasteiger partial charge in [-0.15, -0.1) is 0 Å². The maximum Gasteiger partial charge on any atom is 0.257 e. The van der Waals surface area contributed by atoms with Crippen LogP contribution in [0, 0.1) is 0 Å². The van der Waals surface area contributed by atoms with Gasteiger partial charge in [0, 0.05) is 19.3 Å². The highest BCUT2D eigenvalue weighted by Gasteiger charge is 2.20. The fraction of sp³-hybridized carbons (Fsp3) is 0.333. The van der Waals surface area contributed by atoms with Crippen LogP contribution in [0.25, 0.3) is 0 Å². The highest BCUT2D eigenvalue weighted by molar-refractivity contribution is 5.93. The van der Waals surface area contributed by atoms with E-state index in [-0.39, 0.29) is 5.91 Å². The predicted molar refractivity (Wildman–Crippen MR) is 74.9 cm³/mol. The number of rotatable bonds is 2. The van der Waals surface area contributed by atoms with Gasteiger partial charge in [0.2, 0.25) is 0 Å². The topological polar surface area (TPSA) is 58.2 Å². The van der Waals surface area contributed by atoms with Gasteiger partial charge in [-0.25, -0.2) is 0 Å². The van der Waals surface area contributed by atoms with Crippen molar-refractivity contribution in [2.45, 2.75) is 12.8 Å². The minimum atomic E-state index is 0.0403. The van der Waals surface area contributed by atoms with Crippen molar-refractivity contribution < 1.29 is 9.53 Å². The van der Waals surface area contributed by atoms with Crippen molar-refractivity contribution in [3.63, 3.8) is 0 Å². The molecule has 0 saturated heterocycles. The Morgan fingerprint density at radius 1 is 1.30 bits per heavy atom. The van der Waals surface area contributed by atoms with Gasteiger partial charge in [0.1, 0.15) is 5.75 Å². The first-order chi connectivity index (χ1) is 9.78. The van der Waals surface area contributed by atoms with Crippen LogP contribution in [-0.4, -0.2) is 41.2 Å². The van der Waals surface area contributed by atoms with Crippen molar-refractivity contribution in [1.29, 1.82) is 0 Å². The molecule has 0 saturated carbocycles. The lowest BCUT2D eigenvalue weighted by Gasteiger charge is -2.19. The Balaban J connectivity index is 1.77. The molecular weight excluding hydrogens is 254 g/mol. The van der Waals surface area contributed by atoms with Crippen molar-refractivity contribution in [3.8, 4) is 5.75 Å². The van der Waals surface area contributed by atoms with Gasteiger partial charge in [-0.1, -0.05) is 6.07 Å². The van der Waals surface area contributed by atoms with Crippen LogP contribution in [0.5, 0.6) is 5.75 Å². The lowest BCUT2D eigenvalue weighted by atomic mass is 10.0. The number of aromatic amines is 1. The molecule has 2 heterocycles. The van der Waals surface area contributed by atoms with E-state index in [9.17, 15) is 4.79 Å². The van der Waals surface area contributed by atoms with Crippen LogP contribution in [-0.2, 0) is 12.8 Å². The first kappa shape index (κ1) is 12.7. The third kappa shape index (κ3) is 2.39. The fourth-order valence-electron chi connectivity index (χ4n) is 2.58. The largest absolute Gasteiger partial charge is 0.497 e. The highest BCUT2D eigenvalue weighted by Crippen LogP contribution is 2.22. The molecule has 1 aliphatic heterocycles. The molecule has 0 atom stereocenters. The van der Waals surface area contributed by atoms with E-state index >= 15 is 0 Å². The minimum absolute atomic E-state index is 0.0403. The van der Waals surface area contributed by atoms with E-state index in [0.29, 0.717) is 5.56 Å². The second-order valence-electron chi connectivity index (χ2n) is 4.91. The molecule has 20 heavy (non-hydrogen) atoms. The number of nitrogens with one attached hydrogen (secondary N) is 1. The molecule has 0 radical (unpaired) electrons. The molecular formula is C15H17N3O2. The van der Waals surface area contributed by atoms with Gasteiger partial charge in [-0.2, -0.15) is 5.10 Å². The predicted octanol–water partition coefficient (Wildman–Crippen LogP) is 1.66. The zero-order valence-electron chi connectivity index (χ0n) is 11.4. The van der Waals surface area contributed by atoms with Gasteiger partial charge in [-0.05, 0) is 36.1 Å². The van der Waals surface area contributed by atoms with Crippen molar-refractivity contribution >= 4 is 5.91 Å². The standard InChI is InChI=1S/C15H17N3O2/c1-20-14-3-2-11-4-6-18(7-5-12(11)8-14)15(19)13-9-16-17-10-13/h2-3,8-10H,4-7H2,1H3,(H,16,17). The van der Waals surface area contributed by atoms with E-state index in [4.69, 9.17) is 4.74 Å². The number of hydrogen-bond donors (Lipinski definition) is 1. The molecule has 3 rings (SSSR count). The molecule has 0 bridgehead atoms. The number of amides is 1. The average molecular weight is 271 g/mol. The number of methoxy groups -OCH3 is 1. The summed E-state index contributed by atoms with van der Waals surface area (Å²) in [6.07, 6.45) is 4.95. The average Bonchev–Trinajstić information content (AvgIpc) is 2.93. The summed E-state index contributed by atoms with van der Waals surface area (Å²) in [5.74, 6) is 0.914. The number of aromatic nitrogens is 2. The molecule has 5 nitrogen and oxygen atoms in total. The van der Waals surface area contributed by atoms with Gasteiger partial charge < -0.3 is 9.64 Å². The first-order valence-corrected chi connectivity index (χ1v) is 6.72. The van der Waals surface area contributed by atoms with Crippen molar-refractivity contribution in [2.24, 2.45) is 0 Å². The Morgan fingerprint density at radius 3 is 2.80 bits per heavy atom. The summed E-state index contributed by atoms with van der Waals surface area (Å²) in [4.78, 5) is 14.2. The summed E-state index contributed by atoms with van der Waals surface area (Å²) >= 11 is 0. The normalized spacial score (nSPS) is 14.6. The van der Waals surface area contributed by atoms with Crippen LogP contribution in [0.3, 0.4) is 0 Å². The quantitative estimate of drug-likeness (QED) is 0.903. The SMILES string of the molecule is COc1ccc2c(c1)CCN(C(=O)c1cn[nH]c1)CC2. The van der Waals surface area contributed by atoms with Crippen LogP contribution >= 0.6 is 0 Å². The van der Waals surface area contributed by atoms with E-state index in [1.807, 2.05) is 11.0 Å². The lowest BCUT2D eigenvalue weighted by Crippen LogP contribution is -2.33. The molecule has 1 amide bonds. The number of hydrogen-bond acceptors (Lipinski definition) is 3. The molecule has 0 fully saturated rings. The molecule has 0 unspecified atom stereocenters. The third-order valence-electron chi connectivity index (χ3n) is 3.75. The molecule has 0 aliphatic carbocycles. The Morgan fingerprint density at radius 2 is 2.10 bits per heavy atom. The molecule has 1 aromatic heterocycles. The second kappa shape index (κ2) is 5.36. The highest BCUT2D eigenvalue weighted by atomic mass is 16.5. The van der Waals surface area contributed by atoms with Gasteiger partial charge >= 0.3 is 0 Å². The van der Waals surface area contributed by atoms with Crippen molar-refractivity contribution in [3.05, 3.63) is 47.3 Å². The van der Waals surface area contributed by atoms with E-state index in [2.05, 4.69) is 22.3 Å². The Bertz CT molecular complexity index is 608. The molecule has 1 aromatic carbocycles. The van der Waals surface area contributed by atoms with Crippen molar-refractivity contribution in [2.75, 3.05) is 20.2 Å². The van der Waals surface area contributed by atoms with Crippen LogP contribution in [0.4, 0.5) is 0 Å². The van der Waals surface area contributed by atoms with Crippen LogP contribution in [0.15, 0.2) is 30.6 Å². The monoisotopic (exact) mass is 271 g/mol. The van der Waals surface area contributed by atoms with Crippen LogP contribution < -0.4 is 4.74 Å². The summed E-state index contributed by atoms with van der Waals surface area (Å²) in [5, 5.41) is 6.52. The summed E-state index contributed by atoms with van der Waals surface area (Å²) in [6.45, 7) is 1.47. The van der Waals surface area contributed by atoms with Gasteiger partial charge in [0.15, 0.2) is 0 Å². The number of benzene rings is 1. The fourth-order valence-corrected chi connectivity index (χ4v) is 2.58. The maximum atomic E-state index is 12.3. The number of ether oxygens (including phenoxy) is 1. The van der Waals surface area contributed by atoms with E-state index < -0.39 is 0 Å². The smallest absolute Gasteiger partial charge is 0.257 e. The zero-order valence-corrected chi connectivity index (χ0v) is 11.4. The molecule has 0 spiro atoms. The van der Waals surface area contributed by atoms with E-state index in [1.165, 1.54) is 11.1 Å². The summed E-state index contributed by atoms with van der Waals surface area (Å²) in [5.41, 5.74) is 3.19. The Labute approximate surface area is 117 Å². The van der Waals surface area contributed by atoms with Gasteiger partial charge in [-0.3, -0.25) is 9.89 Å². The lowest BCUT2D eigenvalue weighted by molar-refractivity contribution is 0.0763. The zero-order chi connectivity index (χ0) is 13.9.